The van der Waals surface area contributed by atoms with Crippen LogP contribution < -0.4 is 4.57 Å². The van der Waals surface area contributed by atoms with Crippen molar-refractivity contribution in [1.82, 2.24) is 4.57 Å². The second kappa shape index (κ2) is 27.1. The molecule has 1 unspecified atom stereocenters. The average molecular weight is 560 g/mol. The van der Waals surface area contributed by atoms with Crippen molar-refractivity contribution in [3.05, 3.63) is 18.2 Å². The van der Waals surface area contributed by atoms with E-state index in [1.54, 1.807) is 5.82 Å². The topological polar surface area (TPSA) is 8.81 Å². The van der Waals surface area contributed by atoms with Gasteiger partial charge in [-0.2, -0.15) is 0 Å². The summed E-state index contributed by atoms with van der Waals surface area (Å²) in [5, 5.41) is 0. The fourth-order valence-corrected chi connectivity index (χ4v) is 6.54. The predicted octanol–water partition coefficient (Wildman–Crippen LogP) is 13.0. The van der Waals surface area contributed by atoms with Gasteiger partial charge in [-0.3, -0.25) is 0 Å². The summed E-state index contributed by atoms with van der Waals surface area (Å²) in [7, 11) is 0. The molecule has 1 aromatic heterocycles. The second-order valence-electron chi connectivity index (χ2n) is 13.5. The van der Waals surface area contributed by atoms with Gasteiger partial charge in [-0.25, -0.2) is 9.13 Å². The first-order valence-electron chi connectivity index (χ1n) is 18.7. The Balaban J connectivity index is 2.10. The molecule has 0 aliphatic carbocycles. The summed E-state index contributed by atoms with van der Waals surface area (Å²) in [6.07, 6.45) is 43.4. The molecule has 236 valence electrons. The molecular formula is C38H75N2+. The molecule has 0 amide bonds. The van der Waals surface area contributed by atoms with Gasteiger partial charge in [-0.15, -0.1) is 0 Å². The number of rotatable bonds is 30. The van der Waals surface area contributed by atoms with E-state index in [9.17, 15) is 0 Å². The standard InChI is InChI=1S/C38H75N2/c1-6-8-10-12-14-16-18-19-20-21-22-24-26-28-30-32-37(5)40-35-34-39(38(40)36(3)4)33-31-29-27-25-23-17-15-13-11-9-7-2/h34-37H,6-33H2,1-5H3/q+1. The summed E-state index contributed by atoms with van der Waals surface area (Å²) >= 11 is 0. The van der Waals surface area contributed by atoms with E-state index >= 15 is 0 Å². The third kappa shape index (κ3) is 19.4. The van der Waals surface area contributed by atoms with Crippen molar-refractivity contribution in [2.45, 2.75) is 226 Å². The van der Waals surface area contributed by atoms with Crippen LogP contribution in [-0.4, -0.2) is 4.57 Å². The van der Waals surface area contributed by atoms with Gasteiger partial charge in [0.1, 0.15) is 12.4 Å². The minimum absolute atomic E-state index is 0.589. The van der Waals surface area contributed by atoms with Crippen LogP contribution in [0.15, 0.2) is 12.4 Å². The van der Waals surface area contributed by atoms with Gasteiger partial charge in [-0.05, 0) is 32.6 Å². The predicted molar refractivity (Wildman–Crippen MR) is 179 cm³/mol. The number of hydrogen-bond acceptors (Lipinski definition) is 0. The number of nitrogens with zero attached hydrogens (tertiary/aromatic N) is 2. The Kier molecular flexibility index (Phi) is 25.2. The molecule has 0 saturated heterocycles. The molecule has 40 heavy (non-hydrogen) atoms. The first kappa shape index (κ1) is 37.2. The van der Waals surface area contributed by atoms with Crippen molar-refractivity contribution in [3.63, 3.8) is 0 Å². The zero-order valence-electron chi connectivity index (χ0n) is 28.5. The van der Waals surface area contributed by atoms with Gasteiger partial charge in [0.05, 0.1) is 18.5 Å². The number of unbranched alkanes of at least 4 members (excludes halogenated alkanes) is 24. The molecule has 0 saturated carbocycles. The van der Waals surface area contributed by atoms with Crippen molar-refractivity contribution in [3.8, 4) is 0 Å². The van der Waals surface area contributed by atoms with Crippen LogP contribution in [0.4, 0.5) is 0 Å². The summed E-state index contributed by atoms with van der Waals surface area (Å²) in [6.45, 7) is 13.0. The fourth-order valence-electron chi connectivity index (χ4n) is 6.54. The van der Waals surface area contributed by atoms with Crippen LogP contribution in [-0.2, 0) is 6.54 Å². The molecule has 1 heterocycles. The number of aryl methyl sites for hydroxylation is 1. The van der Waals surface area contributed by atoms with E-state index in [4.69, 9.17) is 0 Å². The van der Waals surface area contributed by atoms with Crippen LogP contribution in [0.1, 0.15) is 226 Å². The van der Waals surface area contributed by atoms with Crippen molar-refractivity contribution in [1.29, 1.82) is 0 Å². The minimum Gasteiger partial charge on any atom is -0.234 e. The lowest BCUT2D eigenvalue weighted by Crippen LogP contribution is -2.38. The van der Waals surface area contributed by atoms with Gasteiger partial charge >= 0.3 is 0 Å². The highest BCUT2D eigenvalue weighted by atomic mass is 15.2. The SMILES string of the molecule is CCCCCCCCCCCCCCCCCC(C)n1cc[n+](CCCCCCCCCCCCC)c1C(C)C. The van der Waals surface area contributed by atoms with Crippen molar-refractivity contribution in [2.75, 3.05) is 0 Å². The van der Waals surface area contributed by atoms with Gasteiger partial charge in [0.2, 0.25) is 0 Å². The molecular weight excluding hydrogens is 484 g/mol. The molecule has 1 rings (SSSR count). The maximum Gasteiger partial charge on any atom is 0.259 e. The molecule has 1 aromatic rings. The highest BCUT2D eigenvalue weighted by Gasteiger charge is 2.23. The van der Waals surface area contributed by atoms with Crippen molar-refractivity contribution < 1.29 is 4.57 Å². The quantitative estimate of drug-likeness (QED) is 0.0654. The number of imidazole rings is 1. The summed E-state index contributed by atoms with van der Waals surface area (Å²) in [5.74, 6) is 2.13. The zero-order valence-corrected chi connectivity index (χ0v) is 28.5. The van der Waals surface area contributed by atoms with E-state index in [1.165, 1.54) is 180 Å². The first-order valence-corrected chi connectivity index (χ1v) is 18.7. The lowest BCUT2D eigenvalue weighted by atomic mass is 10.0. The first-order chi connectivity index (χ1) is 19.6. The summed E-state index contributed by atoms with van der Waals surface area (Å²) < 4.78 is 5.17. The Morgan fingerprint density at radius 1 is 0.500 bits per heavy atom. The highest BCUT2D eigenvalue weighted by molar-refractivity contribution is 4.92. The van der Waals surface area contributed by atoms with Crippen molar-refractivity contribution in [2.24, 2.45) is 0 Å². The Morgan fingerprint density at radius 2 is 0.850 bits per heavy atom. The molecule has 2 heteroatoms. The lowest BCUT2D eigenvalue weighted by molar-refractivity contribution is -0.705. The van der Waals surface area contributed by atoms with E-state index in [0.717, 1.165) is 0 Å². The summed E-state index contributed by atoms with van der Waals surface area (Å²) in [4.78, 5) is 0. The van der Waals surface area contributed by atoms with Crippen molar-refractivity contribution >= 4 is 0 Å². The van der Waals surface area contributed by atoms with Gasteiger partial charge in [-0.1, -0.05) is 175 Å². The maximum atomic E-state index is 2.60. The minimum atomic E-state index is 0.589. The molecule has 0 aliphatic rings. The van der Waals surface area contributed by atoms with Crippen LogP contribution >= 0.6 is 0 Å². The van der Waals surface area contributed by atoms with Crippen LogP contribution in [0.25, 0.3) is 0 Å². The normalized spacial score (nSPS) is 12.6. The zero-order chi connectivity index (χ0) is 29.1. The van der Waals surface area contributed by atoms with E-state index in [-0.39, 0.29) is 0 Å². The van der Waals surface area contributed by atoms with E-state index in [2.05, 4.69) is 56.1 Å². The average Bonchev–Trinajstić information content (AvgIpc) is 3.38. The van der Waals surface area contributed by atoms with Gasteiger partial charge in [0, 0.05) is 0 Å². The smallest absolute Gasteiger partial charge is 0.234 e. The Morgan fingerprint density at radius 3 is 1.23 bits per heavy atom. The summed E-state index contributed by atoms with van der Waals surface area (Å²) in [6, 6.07) is 0.623. The third-order valence-electron chi connectivity index (χ3n) is 9.19. The Labute approximate surface area is 253 Å². The van der Waals surface area contributed by atoms with Gasteiger partial charge in [0.15, 0.2) is 0 Å². The molecule has 0 fully saturated rings. The number of aromatic nitrogens is 2. The van der Waals surface area contributed by atoms with Crippen LogP contribution in [0.3, 0.4) is 0 Å². The van der Waals surface area contributed by atoms with Crippen LogP contribution in [0, 0.1) is 0 Å². The highest BCUT2D eigenvalue weighted by Crippen LogP contribution is 2.22. The lowest BCUT2D eigenvalue weighted by Gasteiger charge is -2.14. The number of hydrogen-bond donors (Lipinski definition) is 0. The van der Waals surface area contributed by atoms with Gasteiger partial charge < -0.3 is 0 Å². The van der Waals surface area contributed by atoms with E-state index < -0.39 is 0 Å². The van der Waals surface area contributed by atoms with Crippen LogP contribution in [0.5, 0.6) is 0 Å². The molecule has 2 nitrogen and oxygen atoms in total. The third-order valence-corrected chi connectivity index (χ3v) is 9.19. The molecule has 0 N–H and O–H groups in total. The molecule has 0 bridgehead atoms. The van der Waals surface area contributed by atoms with Gasteiger partial charge in [0.25, 0.3) is 5.82 Å². The molecule has 0 aliphatic heterocycles. The molecule has 0 aromatic carbocycles. The second-order valence-corrected chi connectivity index (χ2v) is 13.5. The van der Waals surface area contributed by atoms with E-state index in [0.29, 0.717) is 12.0 Å². The molecule has 0 radical (unpaired) electrons. The largest absolute Gasteiger partial charge is 0.259 e. The summed E-state index contributed by atoms with van der Waals surface area (Å²) in [5.41, 5.74) is 0. The Hall–Kier alpha value is -0.790. The Bertz CT molecular complexity index is 646. The van der Waals surface area contributed by atoms with Crippen LogP contribution in [0.2, 0.25) is 0 Å². The maximum absolute atomic E-state index is 2.60. The molecule has 1 atom stereocenters. The fraction of sp³-hybridized carbons (Fsp3) is 0.921. The monoisotopic (exact) mass is 560 g/mol. The molecule has 0 spiro atoms. The van der Waals surface area contributed by atoms with E-state index in [1.807, 2.05) is 0 Å².